The second-order valence-corrected chi connectivity index (χ2v) is 6.91. The molecule has 3 heteroatoms. The van der Waals surface area contributed by atoms with Gasteiger partial charge in [-0.15, -0.1) is 0 Å². The maximum Gasteiger partial charge on any atom is 0.239 e. The number of benzene rings is 1. The zero-order valence-corrected chi connectivity index (χ0v) is 13.5. The minimum absolute atomic E-state index is 0.0635. The summed E-state index contributed by atoms with van der Waals surface area (Å²) in [5.41, 5.74) is 1.68. The Morgan fingerprint density at radius 3 is 2.36 bits per heavy atom. The topological polar surface area (TPSA) is 27.7 Å². The van der Waals surface area contributed by atoms with Crippen LogP contribution in [0.3, 0.4) is 0 Å². The van der Waals surface area contributed by atoms with Crippen molar-refractivity contribution in [1.29, 1.82) is 0 Å². The standard InChI is InChI=1S/C19H26O3/c1-19(2)16(8-9-18-21-12-13-22-18)17(19)10-11-20-14-15-6-4-3-5-7-15/h3-7,12-13,16-18H,8-11,14H2,1-2H3. The normalized spacial score (nSPS) is 25.7. The number of hydrogen-bond acceptors (Lipinski definition) is 3. The van der Waals surface area contributed by atoms with Gasteiger partial charge >= 0.3 is 0 Å². The average Bonchev–Trinajstić information content (AvgIpc) is 2.89. The summed E-state index contributed by atoms with van der Waals surface area (Å²) in [6.45, 7) is 6.30. The Hall–Kier alpha value is -1.48. The monoisotopic (exact) mass is 302 g/mol. The predicted octanol–water partition coefficient (Wildman–Crippen LogP) is 4.49. The molecule has 1 aliphatic heterocycles. The summed E-state index contributed by atoms with van der Waals surface area (Å²) in [7, 11) is 0. The Morgan fingerprint density at radius 2 is 1.64 bits per heavy atom. The number of ether oxygens (including phenoxy) is 3. The molecule has 1 heterocycles. The van der Waals surface area contributed by atoms with Crippen molar-refractivity contribution >= 4 is 0 Å². The first kappa shape index (κ1) is 15.4. The predicted molar refractivity (Wildman–Crippen MR) is 85.8 cm³/mol. The maximum atomic E-state index is 5.83. The summed E-state index contributed by atoms with van der Waals surface area (Å²) in [5, 5.41) is 0. The molecule has 0 amide bonds. The maximum absolute atomic E-state index is 5.83. The molecule has 2 aliphatic rings. The van der Waals surface area contributed by atoms with Gasteiger partial charge in [0.05, 0.1) is 6.61 Å². The van der Waals surface area contributed by atoms with Crippen molar-refractivity contribution in [2.75, 3.05) is 6.61 Å². The molecule has 0 N–H and O–H groups in total. The third-order valence-electron chi connectivity index (χ3n) is 5.20. The second-order valence-electron chi connectivity index (χ2n) is 6.91. The van der Waals surface area contributed by atoms with Crippen LogP contribution in [0.5, 0.6) is 0 Å². The van der Waals surface area contributed by atoms with Gasteiger partial charge in [0.15, 0.2) is 0 Å². The van der Waals surface area contributed by atoms with E-state index < -0.39 is 0 Å². The highest BCUT2D eigenvalue weighted by molar-refractivity contribution is 5.13. The van der Waals surface area contributed by atoms with Gasteiger partial charge in [-0.2, -0.15) is 0 Å². The molecule has 1 aromatic carbocycles. The lowest BCUT2D eigenvalue weighted by Crippen LogP contribution is -2.07. The summed E-state index contributed by atoms with van der Waals surface area (Å²) in [6.07, 6.45) is 6.50. The SMILES string of the molecule is CC1(C)C(CCOCc2ccccc2)C1CCC1OC=CO1. The third kappa shape index (κ3) is 3.64. The van der Waals surface area contributed by atoms with Crippen LogP contribution in [0.1, 0.15) is 38.7 Å². The smallest absolute Gasteiger partial charge is 0.239 e. The van der Waals surface area contributed by atoms with Crippen molar-refractivity contribution in [3.05, 3.63) is 48.4 Å². The van der Waals surface area contributed by atoms with E-state index in [1.54, 1.807) is 12.5 Å². The van der Waals surface area contributed by atoms with Crippen molar-refractivity contribution in [1.82, 2.24) is 0 Å². The molecule has 2 unspecified atom stereocenters. The summed E-state index contributed by atoms with van der Waals surface area (Å²) >= 11 is 0. The summed E-state index contributed by atoms with van der Waals surface area (Å²) in [6, 6.07) is 10.4. The minimum atomic E-state index is -0.0635. The molecule has 3 rings (SSSR count). The van der Waals surface area contributed by atoms with E-state index in [1.165, 1.54) is 12.0 Å². The fourth-order valence-electron chi connectivity index (χ4n) is 3.70. The Kier molecular flexibility index (Phi) is 4.72. The van der Waals surface area contributed by atoms with Gasteiger partial charge in [0.2, 0.25) is 6.29 Å². The quantitative estimate of drug-likeness (QED) is 0.662. The van der Waals surface area contributed by atoms with Crippen LogP contribution in [-0.4, -0.2) is 12.9 Å². The van der Waals surface area contributed by atoms with E-state index in [4.69, 9.17) is 14.2 Å². The van der Waals surface area contributed by atoms with E-state index in [0.29, 0.717) is 12.0 Å². The Morgan fingerprint density at radius 1 is 0.955 bits per heavy atom. The molecule has 2 atom stereocenters. The Balaban J connectivity index is 1.33. The molecule has 1 aliphatic carbocycles. The van der Waals surface area contributed by atoms with Gasteiger partial charge in [-0.3, -0.25) is 0 Å². The molecule has 0 saturated heterocycles. The molecule has 1 fully saturated rings. The molecule has 0 spiro atoms. The highest BCUT2D eigenvalue weighted by Gasteiger charge is 2.56. The van der Waals surface area contributed by atoms with Crippen LogP contribution >= 0.6 is 0 Å². The highest BCUT2D eigenvalue weighted by Crippen LogP contribution is 2.62. The number of rotatable bonds is 8. The van der Waals surface area contributed by atoms with Gasteiger partial charge in [-0.05, 0) is 35.7 Å². The lowest BCUT2D eigenvalue weighted by atomic mass is 10.1. The van der Waals surface area contributed by atoms with E-state index in [-0.39, 0.29) is 6.29 Å². The van der Waals surface area contributed by atoms with E-state index in [9.17, 15) is 0 Å². The molecule has 1 saturated carbocycles. The molecular formula is C19H26O3. The Bertz CT molecular complexity index is 487. The third-order valence-corrected chi connectivity index (χ3v) is 5.20. The van der Waals surface area contributed by atoms with Crippen LogP contribution in [0.25, 0.3) is 0 Å². The Labute approximate surface area is 133 Å². The van der Waals surface area contributed by atoms with Crippen LogP contribution in [0.15, 0.2) is 42.9 Å². The van der Waals surface area contributed by atoms with Gasteiger partial charge in [0.25, 0.3) is 0 Å². The van der Waals surface area contributed by atoms with Gasteiger partial charge in [-0.25, -0.2) is 0 Å². The molecule has 0 radical (unpaired) electrons. The summed E-state index contributed by atoms with van der Waals surface area (Å²) < 4.78 is 16.5. The van der Waals surface area contributed by atoms with Gasteiger partial charge in [0, 0.05) is 13.0 Å². The first-order valence-electron chi connectivity index (χ1n) is 8.25. The van der Waals surface area contributed by atoms with Crippen molar-refractivity contribution in [3.63, 3.8) is 0 Å². The molecule has 22 heavy (non-hydrogen) atoms. The van der Waals surface area contributed by atoms with Gasteiger partial charge < -0.3 is 14.2 Å². The van der Waals surface area contributed by atoms with Crippen LogP contribution in [0.2, 0.25) is 0 Å². The zero-order valence-electron chi connectivity index (χ0n) is 13.5. The fraction of sp³-hybridized carbons (Fsp3) is 0.579. The molecule has 120 valence electrons. The fourth-order valence-corrected chi connectivity index (χ4v) is 3.70. The average molecular weight is 302 g/mol. The second kappa shape index (κ2) is 6.74. The van der Waals surface area contributed by atoms with Crippen LogP contribution < -0.4 is 0 Å². The van der Waals surface area contributed by atoms with E-state index >= 15 is 0 Å². The summed E-state index contributed by atoms with van der Waals surface area (Å²) in [4.78, 5) is 0. The largest absolute Gasteiger partial charge is 0.459 e. The van der Waals surface area contributed by atoms with Gasteiger partial charge in [0.1, 0.15) is 12.5 Å². The lowest BCUT2D eigenvalue weighted by molar-refractivity contribution is -0.0307. The van der Waals surface area contributed by atoms with E-state index in [1.807, 2.05) is 6.07 Å². The molecule has 0 aromatic heterocycles. The number of hydrogen-bond donors (Lipinski definition) is 0. The summed E-state index contributed by atoms with van der Waals surface area (Å²) in [5.74, 6) is 1.53. The van der Waals surface area contributed by atoms with Crippen molar-refractivity contribution in [2.24, 2.45) is 17.3 Å². The molecular weight excluding hydrogens is 276 g/mol. The minimum Gasteiger partial charge on any atom is -0.459 e. The molecule has 1 aromatic rings. The van der Waals surface area contributed by atoms with E-state index in [0.717, 1.165) is 31.3 Å². The molecule has 0 bridgehead atoms. The van der Waals surface area contributed by atoms with Gasteiger partial charge in [-0.1, -0.05) is 44.2 Å². The molecule has 3 nitrogen and oxygen atoms in total. The van der Waals surface area contributed by atoms with Crippen LogP contribution in [0, 0.1) is 17.3 Å². The first-order valence-corrected chi connectivity index (χ1v) is 8.25. The lowest BCUT2D eigenvalue weighted by Gasteiger charge is -2.10. The van der Waals surface area contributed by atoms with E-state index in [2.05, 4.69) is 38.1 Å². The highest BCUT2D eigenvalue weighted by atomic mass is 16.7. The zero-order chi connectivity index (χ0) is 15.4. The first-order chi connectivity index (χ1) is 10.7. The van der Waals surface area contributed by atoms with Crippen molar-refractivity contribution < 1.29 is 14.2 Å². The van der Waals surface area contributed by atoms with Crippen molar-refractivity contribution in [2.45, 2.75) is 46.0 Å². The van der Waals surface area contributed by atoms with Crippen LogP contribution in [-0.2, 0) is 20.8 Å². The van der Waals surface area contributed by atoms with Crippen molar-refractivity contribution in [3.8, 4) is 0 Å². The van der Waals surface area contributed by atoms with Crippen LogP contribution in [0.4, 0.5) is 0 Å².